The topological polar surface area (TPSA) is 112 Å². The number of pyridine rings is 1. The van der Waals surface area contributed by atoms with Crippen LogP contribution in [0.1, 0.15) is 19.8 Å². The van der Waals surface area contributed by atoms with Crippen molar-refractivity contribution < 1.29 is 23.5 Å². The van der Waals surface area contributed by atoms with E-state index in [-0.39, 0.29) is 19.1 Å². The number of hydrogen-bond donors (Lipinski definition) is 0. The largest absolute Gasteiger partial charge is 0.462 e. The first-order chi connectivity index (χ1) is 15.4. The van der Waals surface area contributed by atoms with Gasteiger partial charge < -0.3 is 9.47 Å². The van der Waals surface area contributed by atoms with Crippen LogP contribution in [0.2, 0.25) is 0 Å². The summed E-state index contributed by atoms with van der Waals surface area (Å²) >= 11 is 0. The standard InChI is InChI=1S/C21H21FN6O4/c1-3-4-19(29)31-12-15-11-28(21(30)32-15)14-6-7-16(17(22)9-14)13-5-8-18(23-10-13)20-24-26-27(2)25-20/h5-10,15H,3-4,11-12H2,1-2H3/t15-/m0/s1. The Bertz CT molecular complexity index is 1130. The minimum atomic E-state index is -0.615. The van der Waals surface area contributed by atoms with Crippen molar-refractivity contribution in [1.82, 2.24) is 25.2 Å². The molecule has 0 unspecified atom stereocenters. The Morgan fingerprint density at radius 3 is 2.81 bits per heavy atom. The molecule has 32 heavy (non-hydrogen) atoms. The number of ether oxygens (including phenoxy) is 2. The zero-order valence-electron chi connectivity index (χ0n) is 17.6. The molecule has 0 radical (unpaired) electrons. The summed E-state index contributed by atoms with van der Waals surface area (Å²) in [5.74, 6) is -0.482. The summed E-state index contributed by atoms with van der Waals surface area (Å²) in [6, 6.07) is 7.86. The number of carbonyl (C=O) groups is 2. The molecular formula is C21H21FN6O4. The number of amides is 1. The van der Waals surface area contributed by atoms with E-state index in [0.717, 1.165) is 0 Å². The summed E-state index contributed by atoms with van der Waals surface area (Å²) < 4.78 is 25.2. The van der Waals surface area contributed by atoms with Crippen molar-refractivity contribution in [2.24, 2.45) is 7.05 Å². The number of cyclic esters (lactones) is 1. The molecule has 10 nitrogen and oxygen atoms in total. The highest BCUT2D eigenvalue weighted by Gasteiger charge is 2.33. The van der Waals surface area contributed by atoms with Gasteiger partial charge in [0, 0.05) is 23.7 Å². The molecule has 1 fully saturated rings. The maximum absolute atomic E-state index is 14.9. The Hall–Kier alpha value is -3.89. The molecule has 0 saturated carbocycles. The normalized spacial score (nSPS) is 15.7. The number of anilines is 1. The van der Waals surface area contributed by atoms with Crippen LogP contribution in [0.15, 0.2) is 36.5 Å². The van der Waals surface area contributed by atoms with Gasteiger partial charge in [0.25, 0.3) is 0 Å². The van der Waals surface area contributed by atoms with Gasteiger partial charge in [-0.3, -0.25) is 14.7 Å². The fourth-order valence-electron chi connectivity index (χ4n) is 3.26. The highest BCUT2D eigenvalue weighted by atomic mass is 19.1. The van der Waals surface area contributed by atoms with Crippen LogP contribution < -0.4 is 4.90 Å². The van der Waals surface area contributed by atoms with Crippen molar-refractivity contribution in [3.63, 3.8) is 0 Å². The van der Waals surface area contributed by atoms with Crippen LogP contribution in [0.4, 0.5) is 14.9 Å². The van der Waals surface area contributed by atoms with Gasteiger partial charge in [-0.2, -0.15) is 4.80 Å². The summed E-state index contributed by atoms with van der Waals surface area (Å²) in [6.07, 6.45) is 1.29. The summed E-state index contributed by atoms with van der Waals surface area (Å²) in [5.41, 5.74) is 1.76. The van der Waals surface area contributed by atoms with Gasteiger partial charge in [-0.1, -0.05) is 13.0 Å². The second-order valence-electron chi connectivity index (χ2n) is 7.25. The van der Waals surface area contributed by atoms with Crippen LogP contribution in [-0.2, 0) is 21.3 Å². The average molecular weight is 440 g/mol. The Balaban J connectivity index is 1.45. The molecule has 3 heterocycles. The molecule has 0 spiro atoms. The smallest absolute Gasteiger partial charge is 0.414 e. The SMILES string of the molecule is CCCC(=O)OC[C@@H]1CN(c2ccc(-c3ccc(-c4nnn(C)n4)nc3)c(F)c2)C(=O)O1. The average Bonchev–Trinajstić information content (AvgIpc) is 3.38. The highest BCUT2D eigenvalue weighted by Crippen LogP contribution is 2.29. The molecule has 0 aliphatic carbocycles. The lowest BCUT2D eigenvalue weighted by Gasteiger charge is -2.14. The first-order valence-corrected chi connectivity index (χ1v) is 10.1. The number of rotatable bonds is 7. The summed E-state index contributed by atoms with van der Waals surface area (Å²) in [4.78, 5) is 30.6. The third kappa shape index (κ3) is 4.56. The molecule has 2 aromatic heterocycles. The predicted molar refractivity (Wildman–Crippen MR) is 111 cm³/mol. The zero-order valence-corrected chi connectivity index (χ0v) is 17.6. The Kier molecular flexibility index (Phi) is 6.06. The summed E-state index contributed by atoms with van der Waals surface area (Å²) in [5, 5.41) is 11.7. The van der Waals surface area contributed by atoms with E-state index in [0.29, 0.717) is 41.2 Å². The van der Waals surface area contributed by atoms with Crippen LogP contribution in [0.3, 0.4) is 0 Å². The van der Waals surface area contributed by atoms with E-state index in [2.05, 4.69) is 20.4 Å². The first kappa shape index (κ1) is 21.3. The number of carbonyl (C=O) groups excluding carboxylic acids is 2. The van der Waals surface area contributed by atoms with E-state index < -0.39 is 18.0 Å². The first-order valence-electron chi connectivity index (χ1n) is 10.1. The molecule has 1 saturated heterocycles. The third-order valence-corrected chi connectivity index (χ3v) is 4.83. The Morgan fingerprint density at radius 1 is 1.31 bits per heavy atom. The monoisotopic (exact) mass is 440 g/mol. The fourth-order valence-corrected chi connectivity index (χ4v) is 3.26. The van der Waals surface area contributed by atoms with Gasteiger partial charge in [0.1, 0.15) is 18.1 Å². The van der Waals surface area contributed by atoms with Crippen LogP contribution >= 0.6 is 0 Å². The molecule has 0 bridgehead atoms. The predicted octanol–water partition coefficient (Wildman–Crippen LogP) is 2.75. The van der Waals surface area contributed by atoms with E-state index >= 15 is 0 Å². The lowest BCUT2D eigenvalue weighted by molar-refractivity contribution is -0.146. The van der Waals surface area contributed by atoms with Crippen molar-refractivity contribution in [2.75, 3.05) is 18.1 Å². The van der Waals surface area contributed by atoms with Crippen LogP contribution in [0.5, 0.6) is 0 Å². The van der Waals surface area contributed by atoms with Gasteiger partial charge in [0.2, 0.25) is 5.82 Å². The van der Waals surface area contributed by atoms with Crippen molar-refractivity contribution in [1.29, 1.82) is 0 Å². The molecule has 1 atom stereocenters. The van der Waals surface area contributed by atoms with Gasteiger partial charge in [-0.25, -0.2) is 9.18 Å². The number of esters is 1. The van der Waals surface area contributed by atoms with Crippen molar-refractivity contribution in [2.45, 2.75) is 25.9 Å². The second kappa shape index (κ2) is 9.08. The molecule has 1 amide bonds. The van der Waals surface area contributed by atoms with Crippen molar-refractivity contribution >= 4 is 17.7 Å². The van der Waals surface area contributed by atoms with Crippen LogP contribution in [0, 0.1) is 5.82 Å². The van der Waals surface area contributed by atoms with E-state index in [4.69, 9.17) is 9.47 Å². The second-order valence-corrected chi connectivity index (χ2v) is 7.25. The number of nitrogens with zero attached hydrogens (tertiary/aromatic N) is 6. The maximum atomic E-state index is 14.9. The van der Waals surface area contributed by atoms with Gasteiger partial charge in [-0.15, -0.1) is 10.2 Å². The Labute approximate surface area is 183 Å². The molecule has 1 aromatic carbocycles. The number of aromatic nitrogens is 5. The molecule has 166 valence electrons. The number of halogens is 1. The molecule has 3 aromatic rings. The summed E-state index contributed by atoms with van der Waals surface area (Å²) in [6.45, 7) is 2.01. The van der Waals surface area contributed by atoms with E-state index in [1.54, 1.807) is 31.3 Å². The fraction of sp³-hybridized carbons (Fsp3) is 0.333. The van der Waals surface area contributed by atoms with Gasteiger partial charge in [0.15, 0.2) is 6.10 Å². The molecule has 0 N–H and O–H groups in total. The molecule has 1 aliphatic rings. The minimum absolute atomic E-state index is 0.0275. The number of hydrogen-bond acceptors (Lipinski definition) is 8. The van der Waals surface area contributed by atoms with Gasteiger partial charge >= 0.3 is 12.1 Å². The van der Waals surface area contributed by atoms with Crippen molar-refractivity contribution in [3.8, 4) is 22.6 Å². The molecule has 1 aliphatic heterocycles. The molecular weight excluding hydrogens is 419 g/mol. The van der Waals surface area contributed by atoms with Gasteiger partial charge in [0.05, 0.1) is 19.3 Å². The number of benzene rings is 1. The van der Waals surface area contributed by atoms with E-state index in [1.165, 1.54) is 22.0 Å². The molecule has 11 heteroatoms. The van der Waals surface area contributed by atoms with Crippen LogP contribution in [0.25, 0.3) is 22.6 Å². The van der Waals surface area contributed by atoms with E-state index in [1.807, 2.05) is 6.92 Å². The van der Waals surface area contributed by atoms with Gasteiger partial charge in [-0.05, 0) is 35.9 Å². The minimum Gasteiger partial charge on any atom is -0.462 e. The third-order valence-electron chi connectivity index (χ3n) is 4.83. The lowest BCUT2D eigenvalue weighted by atomic mass is 10.1. The zero-order chi connectivity index (χ0) is 22.7. The van der Waals surface area contributed by atoms with E-state index in [9.17, 15) is 14.0 Å². The lowest BCUT2D eigenvalue weighted by Crippen LogP contribution is -2.26. The van der Waals surface area contributed by atoms with Crippen LogP contribution in [-0.4, -0.2) is 56.5 Å². The molecule has 4 rings (SSSR count). The maximum Gasteiger partial charge on any atom is 0.414 e. The summed E-state index contributed by atoms with van der Waals surface area (Å²) in [7, 11) is 1.65. The highest BCUT2D eigenvalue weighted by molar-refractivity contribution is 5.90. The van der Waals surface area contributed by atoms with Crippen molar-refractivity contribution in [3.05, 3.63) is 42.3 Å². The number of aryl methyl sites for hydroxylation is 1. The quantitative estimate of drug-likeness (QED) is 0.516. The Morgan fingerprint density at radius 2 is 2.16 bits per heavy atom. The number of tetrazole rings is 1.